The quantitative estimate of drug-likeness (QED) is 0.747. The van der Waals surface area contributed by atoms with Crippen LogP contribution in [0.5, 0.6) is 17.2 Å². The first-order valence-corrected chi connectivity index (χ1v) is 9.74. The smallest absolute Gasteiger partial charge is 0.272 e. The average molecular weight is 404 g/mol. The van der Waals surface area contributed by atoms with E-state index in [4.69, 9.17) is 14.2 Å². The fourth-order valence-corrected chi connectivity index (χ4v) is 3.16. The maximum Gasteiger partial charge on any atom is 0.272 e. The lowest BCUT2D eigenvalue weighted by atomic mass is 10.1. The van der Waals surface area contributed by atoms with Crippen molar-refractivity contribution in [3.8, 4) is 17.2 Å². The third-order valence-corrected chi connectivity index (χ3v) is 4.73. The van der Waals surface area contributed by atoms with E-state index in [1.54, 1.807) is 21.3 Å². The van der Waals surface area contributed by atoms with Crippen LogP contribution >= 0.6 is 0 Å². The molecule has 0 aliphatic heterocycles. The lowest BCUT2D eigenvalue weighted by molar-refractivity contribution is 0.0933. The molecule has 1 atom stereocenters. The summed E-state index contributed by atoms with van der Waals surface area (Å²) in [6.45, 7) is 12.3. The Balaban J connectivity index is 2.32. The number of amides is 1. The zero-order chi connectivity index (χ0) is 21.9. The number of methoxy groups -OCH3 is 3. The van der Waals surface area contributed by atoms with Crippen molar-refractivity contribution in [1.29, 1.82) is 0 Å². The lowest BCUT2D eigenvalue weighted by Gasteiger charge is -2.23. The molecule has 7 nitrogen and oxygen atoms in total. The van der Waals surface area contributed by atoms with Gasteiger partial charge in [0, 0.05) is 5.69 Å². The zero-order valence-electron chi connectivity index (χ0n) is 18.9. The Hall–Kier alpha value is -2.70. The van der Waals surface area contributed by atoms with Crippen LogP contribution in [-0.4, -0.2) is 37.0 Å². The van der Waals surface area contributed by atoms with Crippen LogP contribution in [0.1, 0.15) is 75.2 Å². The maximum atomic E-state index is 12.9. The molecule has 1 amide bonds. The molecule has 0 unspecified atom stereocenters. The first-order chi connectivity index (χ1) is 13.5. The summed E-state index contributed by atoms with van der Waals surface area (Å²) < 4.78 is 18.1. The van der Waals surface area contributed by atoms with Gasteiger partial charge in [0.15, 0.2) is 11.5 Å². The van der Waals surface area contributed by atoms with Gasteiger partial charge in [-0.2, -0.15) is 5.10 Å². The number of nitrogens with one attached hydrogen (secondary N) is 1. The highest BCUT2D eigenvalue weighted by molar-refractivity contribution is 5.92. The first-order valence-electron chi connectivity index (χ1n) is 9.74. The van der Waals surface area contributed by atoms with Crippen molar-refractivity contribution in [2.75, 3.05) is 21.3 Å². The van der Waals surface area contributed by atoms with Gasteiger partial charge < -0.3 is 19.5 Å². The molecule has 1 N–H and O–H groups in total. The number of ether oxygens (including phenoxy) is 3. The molecular formula is C22H33N3O4. The number of aromatic nitrogens is 2. The molecule has 0 spiro atoms. The highest BCUT2D eigenvalue weighted by atomic mass is 16.5. The molecule has 0 aliphatic rings. The van der Waals surface area contributed by atoms with E-state index in [-0.39, 0.29) is 23.4 Å². The van der Waals surface area contributed by atoms with Gasteiger partial charge >= 0.3 is 0 Å². The van der Waals surface area contributed by atoms with E-state index in [1.165, 1.54) is 0 Å². The summed E-state index contributed by atoms with van der Waals surface area (Å²) in [6.07, 6.45) is 0. The number of benzene rings is 1. The minimum Gasteiger partial charge on any atom is -0.493 e. The number of hydrogen-bond acceptors (Lipinski definition) is 5. The molecule has 2 rings (SSSR count). The topological polar surface area (TPSA) is 74.6 Å². The van der Waals surface area contributed by atoms with Gasteiger partial charge in [0.25, 0.3) is 5.91 Å². The fraction of sp³-hybridized carbons (Fsp3) is 0.545. The summed E-state index contributed by atoms with van der Waals surface area (Å²) in [6, 6.07) is 5.25. The van der Waals surface area contributed by atoms with Crippen LogP contribution in [0.2, 0.25) is 0 Å². The second-order valence-corrected chi connectivity index (χ2v) is 8.35. The van der Waals surface area contributed by atoms with E-state index in [0.29, 0.717) is 22.9 Å². The molecule has 0 aliphatic carbocycles. The molecule has 2 aromatic rings. The van der Waals surface area contributed by atoms with Crippen LogP contribution in [0.4, 0.5) is 0 Å². The van der Waals surface area contributed by atoms with Crippen molar-refractivity contribution in [3.05, 3.63) is 35.2 Å². The molecule has 1 aromatic heterocycles. The Bertz CT molecular complexity index is 840. The Kier molecular flexibility index (Phi) is 6.82. The van der Waals surface area contributed by atoms with E-state index in [1.807, 2.05) is 29.8 Å². The lowest BCUT2D eigenvalue weighted by Crippen LogP contribution is -2.29. The van der Waals surface area contributed by atoms with Crippen molar-refractivity contribution in [2.24, 2.45) is 0 Å². The summed E-state index contributed by atoms with van der Waals surface area (Å²) >= 11 is 0. The number of carbonyl (C=O) groups excluding carboxylic acids is 1. The molecule has 160 valence electrons. The van der Waals surface area contributed by atoms with Crippen LogP contribution in [-0.2, 0) is 5.54 Å². The Labute approximate surface area is 173 Å². The van der Waals surface area contributed by atoms with Crippen molar-refractivity contribution in [1.82, 2.24) is 15.1 Å². The minimum absolute atomic E-state index is 0.208. The highest BCUT2D eigenvalue weighted by Gasteiger charge is 2.25. The van der Waals surface area contributed by atoms with Gasteiger partial charge in [-0.25, -0.2) is 0 Å². The highest BCUT2D eigenvalue weighted by Crippen LogP contribution is 2.39. The minimum atomic E-state index is -0.279. The van der Waals surface area contributed by atoms with E-state index in [9.17, 15) is 4.79 Å². The molecule has 0 bridgehead atoms. The van der Waals surface area contributed by atoms with Crippen LogP contribution in [0, 0.1) is 0 Å². The van der Waals surface area contributed by atoms with Crippen LogP contribution in [0.15, 0.2) is 18.2 Å². The Morgan fingerprint density at radius 1 is 1.00 bits per heavy atom. The molecule has 0 saturated carbocycles. The number of rotatable bonds is 7. The largest absolute Gasteiger partial charge is 0.493 e. The fourth-order valence-electron chi connectivity index (χ4n) is 3.16. The molecule has 1 aromatic carbocycles. The SMILES string of the molecule is COc1cc([C@@H](C)NC(=O)c2cc(C(C)C)n(C(C)(C)C)n2)cc(OC)c1OC. The van der Waals surface area contributed by atoms with E-state index in [0.717, 1.165) is 11.3 Å². The van der Waals surface area contributed by atoms with Crippen LogP contribution in [0.3, 0.4) is 0 Å². The molecule has 0 saturated heterocycles. The monoisotopic (exact) mass is 403 g/mol. The second kappa shape index (κ2) is 8.76. The average Bonchev–Trinajstić information content (AvgIpc) is 3.13. The number of hydrogen-bond donors (Lipinski definition) is 1. The number of carbonyl (C=O) groups is 1. The van der Waals surface area contributed by atoms with Crippen LogP contribution < -0.4 is 19.5 Å². The van der Waals surface area contributed by atoms with Crippen molar-refractivity contribution in [2.45, 2.75) is 59.0 Å². The zero-order valence-corrected chi connectivity index (χ0v) is 18.9. The van der Waals surface area contributed by atoms with Gasteiger partial charge in [-0.1, -0.05) is 13.8 Å². The van der Waals surface area contributed by atoms with Gasteiger partial charge in [-0.05, 0) is 57.4 Å². The van der Waals surface area contributed by atoms with E-state index >= 15 is 0 Å². The molecular weight excluding hydrogens is 370 g/mol. The molecule has 0 radical (unpaired) electrons. The third-order valence-electron chi connectivity index (χ3n) is 4.73. The molecule has 7 heteroatoms. The normalized spacial score (nSPS) is 12.6. The van der Waals surface area contributed by atoms with Gasteiger partial charge in [0.2, 0.25) is 5.75 Å². The predicted octanol–water partition coefficient (Wildman–Crippen LogP) is 4.28. The molecule has 1 heterocycles. The van der Waals surface area contributed by atoms with Gasteiger partial charge in [0.1, 0.15) is 5.69 Å². The Morgan fingerprint density at radius 2 is 1.55 bits per heavy atom. The maximum absolute atomic E-state index is 12.9. The summed E-state index contributed by atoms with van der Waals surface area (Å²) in [5.74, 6) is 1.64. The summed E-state index contributed by atoms with van der Waals surface area (Å²) in [7, 11) is 4.69. The first kappa shape index (κ1) is 22.6. The second-order valence-electron chi connectivity index (χ2n) is 8.35. The summed E-state index contributed by atoms with van der Waals surface area (Å²) in [4.78, 5) is 12.9. The van der Waals surface area contributed by atoms with Crippen molar-refractivity contribution in [3.63, 3.8) is 0 Å². The van der Waals surface area contributed by atoms with Gasteiger partial charge in [-0.3, -0.25) is 9.48 Å². The van der Waals surface area contributed by atoms with Crippen molar-refractivity contribution < 1.29 is 19.0 Å². The summed E-state index contributed by atoms with van der Waals surface area (Å²) in [5, 5.41) is 7.60. The van der Waals surface area contributed by atoms with Crippen molar-refractivity contribution >= 4 is 5.91 Å². The van der Waals surface area contributed by atoms with E-state index < -0.39 is 0 Å². The summed E-state index contributed by atoms with van der Waals surface area (Å²) in [5.41, 5.74) is 2.07. The predicted molar refractivity (Wildman–Crippen MR) is 113 cm³/mol. The molecule has 0 fully saturated rings. The standard InChI is InChI=1S/C22H33N3O4/c1-13(2)17-12-16(24-25(17)22(4,5)6)21(26)23-14(3)15-10-18(27-7)20(29-9)19(11-15)28-8/h10-14H,1-9H3,(H,23,26)/t14-/m1/s1. The van der Waals surface area contributed by atoms with Gasteiger partial charge in [0.05, 0.1) is 32.9 Å². The number of nitrogens with zero attached hydrogens (tertiary/aromatic N) is 2. The van der Waals surface area contributed by atoms with E-state index in [2.05, 4.69) is 45.0 Å². The molecule has 29 heavy (non-hydrogen) atoms. The van der Waals surface area contributed by atoms with Gasteiger partial charge in [-0.15, -0.1) is 0 Å². The van der Waals surface area contributed by atoms with Crippen LogP contribution in [0.25, 0.3) is 0 Å². The Morgan fingerprint density at radius 3 is 1.93 bits per heavy atom. The third kappa shape index (κ3) is 4.83.